The van der Waals surface area contributed by atoms with Gasteiger partial charge in [-0.3, -0.25) is 14.6 Å². The maximum absolute atomic E-state index is 12.7. The summed E-state index contributed by atoms with van der Waals surface area (Å²) in [6.07, 6.45) is -0.813. The number of aliphatic hydroxyl groups excluding tert-OH is 1. The summed E-state index contributed by atoms with van der Waals surface area (Å²) < 4.78 is 10.9. The Kier molecular flexibility index (Phi) is 8.02. The molecule has 1 atom stereocenters. The second-order valence-electron chi connectivity index (χ2n) is 7.12. The van der Waals surface area contributed by atoms with Crippen molar-refractivity contribution >= 4 is 17.6 Å². The van der Waals surface area contributed by atoms with Crippen LogP contribution in [-0.2, 0) is 4.79 Å². The van der Waals surface area contributed by atoms with Crippen molar-refractivity contribution in [1.82, 2.24) is 10.2 Å². The highest BCUT2D eigenvalue weighted by molar-refractivity contribution is 6.12. The molecular formula is C23H26N4O5. The first-order valence-corrected chi connectivity index (χ1v) is 10.4. The molecule has 2 aromatic rings. The minimum Gasteiger partial charge on any atom is -0.494 e. The van der Waals surface area contributed by atoms with Gasteiger partial charge in [0.2, 0.25) is 0 Å². The van der Waals surface area contributed by atoms with E-state index in [9.17, 15) is 14.7 Å². The summed E-state index contributed by atoms with van der Waals surface area (Å²) in [6, 6.07) is 15.5. The highest BCUT2D eigenvalue weighted by atomic mass is 16.5. The summed E-state index contributed by atoms with van der Waals surface area (Å²) in [6.45, 7) is 3.18. The lowest BCUT2D eigenvalue weighted by Crippen LogP contribution is -2.40. The maximum Gasteiger partial charge on any atom is 0.331 e. The molecule has 168 valence electrons. The fourth-order valence-electron chi connectivity index (χ4n) is 3.24. The van der Waals surface area contributed by atoms with E-state index in [0.29, 0.717) is 35.9 Å². The minimum atomic E-state index is -0.813. The van der Waals surface area contributed by atoms with Crippen molar-refractivity contribution in [1.29, 1.82) is 5.26 Å². The summed E-state index contributed by atoms with van der Waals surface area (Å²) in [7, 11) is 0. The van der Waals surface area contributed by atoms with Crippen LogP contribution in [0.15, 0.2) is 48.5 Å². The third-order valence-corrected chi connectivity index (χ3v) is 4.85. The third kappa shape index (κ3) is 5.75. The average molecular weight is 438 g/mol. The lowest BCUT2D eigenvalue weighted by atomic mass is 10.2. The molecule has 9 heteroatoms. The molecule has 2 aromatic carbocycles. The van der Waals surface area contributed by atoms with Gasteiger partial charge in [0.1, 0.15) is 36.8 Å². The Balaban J connectivity index is 1.42. The molecule has 0 aliphatic carbocycles. The number of para-hydroxylation sites is 1. The van der Waals surface area contributed by atoms with Gasteiger partial charge in [-0.15, -0.1) is 0 Å². The largest absolute Gasteiger partial charge is 0.494 e. The van der Waals surface area contributed by atoms with Crippen molar-refractivity contribution in [3.63, 3.8) is 0 Å². The van der Waals surface area contributed by atoms with Gasteiger partial charge in [0, 0.05) is 25.3 Å². The number of hydrogen-bond acceptors (Lipinski definition) is 7. The molecule has 2 N–H and O–H groups in total. The first-order valence-electron chi connectivity index (χ1n) is 10.4. The highest BCUT2D eigenvalue weighted by Gasteiger charge is 2.36. The standard InChI is InChI=1S/C23H26N4O5/c1-2-31-20-9-7-18(8-10-20)27-15-22(29)26(23(27)30)12-11-25-14-19(28)16-32-21-6-4-3-5-17(21)13-24/h3-10,19,25,28H,2,11-12,14-16H2,1H3. The Morgan fingerprint density at radius 3 is 2.62 bits per heavy atom. The quantitative estimate of drug-likeness (QED) is 0.406. The highest BCUT2D eigenvalue weighted by Crippen LogP contribution is 2.23. The van der Waals surface area contributed by atoms with Gasteiger partial charge in [0.05, 0.1) is 12.2 Å². The van der Waals surface area contributed by atoms with E-state index in [1.54, 1.807) is 48.5 Å². The Morgan fingerprint density at radius 2 is 1.91 bits per heavy atom. The van der Waals surface area contributed by atoms with Crippen LogP contribution in [0.25, 0.3) is 0 Å². The van der Waals surface area contributed by atoms with Gasteiger partial charge < -0.3 is 19.9 Å². The van der Waals surface area contributed by atoms with Crippen LogP contribution >= 0.6 is 0 Å². The SMILES string of the molecule is CCOc1ccc(N2CC(=O)N(CCNCC(O)COc3ccccc3C#N)C2=O)cc1. The van der Waals surface area contributed by atoms with Crippen LogP contribution in [0.5, 0.6) is 11.5 Å². The molecule has 3 rings (SSSR count). The number of amides is 3. The number of anilines is 1. The van der Waals surface area contributed by atoms with E-state index in [1.165, 1.54) is 9.80 Å². The molecule has 1 aliphatic rings. The van der Waals surface area contributed by atoms with Crippen LogP contribution in [-0.4, -0.2) is 67.4 Å². The summed E-state index contributed by atoms with van der Waals surface area (Å²) in [5.74, 6) is 0.841. The third-order valence-electron chi connectivity index (χ3n) is 4.85. The van der Waals surface area contributed by atoms with Crippen LogP contribution < -0.4 is 19.7 Å². The smallest absolute Gasteiger partial charge is 0.331 e. The summed E-state index contributed by atoms with van der Waals surface area (Å²) in [5, 5.41) is 22.2. The molecule has 9 nitrogen and oxygen atoms in total. The molecule has 1 unspecified atom stereocenters. The molecular weight excluding hydrogens is 412 g/mol. The number of benzene rings is 2. The Morgan fingerprint density at radius 1 is 1.16 bits per heavy atom. The Labute approximate surface area is 186 Å². The second kappa shape index (κ2) is 11.1. The zero-order valence-electron chi connectivity index (χ0n) is 17.9. The predicted molar refractivity (Wildman–Crippen MR) is 118 cm³/mol. The topological polar surface area (TPSA) is 115 Å². The number of hydrogen-bond donors (Lipinski definition) is 2. The molecule has 1 heterocycles. The predicted octanol–water partition coefficient (Wildman–Crippen LogP) is 1.76. The van der Waals surface area contributed by atoms with Crippen molar-refractivity contribution in [3.8, 4) is 17.6 Å². The Bertz CT molecular complexity index is 973. The number of ether oxygens (including phenoxy) is 2. The van der Waals surface area contributed by atoms with Crippen molar-refractivity contribution in [2.45, 2.75) is 13.0 Å². The zero-order valence-corrected chi connectivity index (χ0v) is 17.9. The maximum atomic E-state index is 12.7. The van der Waals surface area contributed by atoms with Crippen molar-refractivity contribution in [2.75, 3.05) is 44.3 Å². The van der Waals surface area contributed by atoms with Gasteiger partial charge in [0.25, 0.3) is 5.91 Å². The van der Waals surface area contributed by atoms with Gasteiger partial charge in [-0.05, 0) is 43.3 Å². The number of nitriles is 1. The molecule has 1 fully saturated rings. The molecule has 0 saturated carbocycles. The van der Waals surface area contributed by atoms with E-state index in [2.05, 4.69) is 5.32 Å². The lowest BCUT2D eigenvalue weighted by Gasteiger charge is -2.18. The fraction of sp³-hybridized carbons (Fsp3) is 0.348. The van der Waals surface area contributed by atoms with Crippen LogP contribution in [0, 0.1) is 11.3 Å². The molecule has 0 spiro atoms. The molecule has 3 amide bonds. The summed E-state index contributed by atoms with van der Waals surface area (Å²) in [4.78, 5) is 27.6. The van der Waals surface area contributed by atoms with Crippen LogP contribution in [0.3, 0.4) is 0 Å². The van der Waals surface area contributed by atoms with Gasteiger partial charge in [-0.25, -0.2) is 4.79 Å². The van der Waals surface area contributed by atoms with Crippen LogP contribution in [0.2, 0.25) is 0 Å². The van der Waals surface area contributed by atoms with E-state index >= 15 is 0 Å². The monoisotopic (exact) mass is 438 g/mol. The van der Waals surface area contributed by atoms with E-state index in [-0.39, 0.29) is 38.2 Å². The van der Waals surface area contributed by atoms with Crippen molar-refractivity contribution in [3.05, 3.63) is 54.1 Å². The number of carbonyl (C=O) groups excluding carboxylic acids is 2. The molecule has 0 bridgehead atoms. The van der Waals surface area contributed by atoms with Crippen LogP contribution in [0.4, 0.5) is 10.5 Å². The fourth-order valence-corrected chi connectivity index (χ4v) is 3.24. The van der Waals surface area contributed by atoms with E-state index in [0.717, 1.165) is 0 Å². The van der Waals surface area contributed by atoms with E-state index in [1.807, 2.05) is 13.0 Å². The summed E-state index contributed by atoms with van der Waals surface area (Å²) in [5.41, 5.74) is 1.03. The van der Waals surface area contributed by atoms with Gasteiger partial charge in [-0.2, -0.15) is 5.26 Å². The van der Waals surface area contributed by atoms with Gasteiger partial charge in [-0.1, -0.05) is 12.1 Å². The normalized spacial score (nSPS) is 14.4. The minimum absolute atomic E-state index is 0.0123. The number of carbonyl (C=O) groups is 2. The molecule has 1 saturated heterocycles. The Hall–Kier alpha value is -3.61. The van der Waals surface area contributed by atoms with Crippen molar-refractivity contribution < 1.29 is 24.2 Å². The number of nitrogens with zero attached hydrogens (tertiary/aromatic N) is 3. The number of rotatable bonds is 11. The molecule has 1 aliphatic heterocycles. The molecule has 32 heavy (non-hydrogen) atoms. The molecule has 0 radical (unpaired) electrons. The van der Waals surface area contributed by atoms with Crippen molar-refractivity contribution in [2.24, 2.45) is 0 Å². The lowest BCUT2D eigenvalue weighted by molar-refractivity contribution is -0.124. The number of nitrogens with one attached hydrogen (secondary N) is 1. The van der Waals surface area contributed by atoms with Gasteiger partial charge >= 0.3 is 6.03 Å². The van der Waals surface area contributed by atoms with Crippen LogP contribution in [0.1, 0.15) is 12.5 Å². The van der Waals surface area contributed by atoms with E-state index in [4.69, 9.17) is 14.7 Å². The number of imide groups is 1. The zero-order chi connectivity index (χ0) is 22.9. The van der Waals surface area contributed by atoms with E-state index < -0.39 is 6.10 Å². The molecule has 0 aromatic heterocycles. The average Bonchev–Trinajstić information content (AvgIpc) is 3.09. The number of aliphatic hydroxyl groups is 1. The first-order chi connectivity index (χ1) is 15.5. The first kappa shape index (κ1) is 23.1. The second-order valence-corrected chi connectivity index (χ2v) is 7.12. The summed E-state index contributed by atoms with van der Waals surface area (Å²) >= 11 is 0. The van der Waals surface area contributed by atoms with Gasteiger partial charge in [0.15, 0.2) is 0 Å². The number of urea groups is 1.